The molecule has 2 heteroatoms. The standard InChI is InChI=1S/C19H22FN/c1-19-9-2-3-17(19)15-6-7-16-13(14(15)8-10-19)5-4-12(11-21)18(16)20/h4-5,14-15,17H,2-3,6-10H2,1H3/t14?,15?,17?,19-/m0/s1. The summed E-state index contributed by atoms with van der Waals surface area (Å²) in [5, 5.41) is 9.02. The van der Waals surface area contributed by atoms with Crippen molar-refractivity contribution >= 4 is 0 Å². The molecule has 2 fully saturated rings. The maximum Gasteiger partial charge on any atom is 0.144 e. The van der Waals surface area contributed by atoms with Crippen molar-refractivity contribution in [3.8, 4) is 6.07 Å². The minimum absolute atomic E-state index is 0.216. The first kappa shape index (κ1) is 13.3. The van der Waals surface area contributed by atoms with E-state index in [1.807, 2.05) is 12.1 Å². The second-order valence-corrected chi connectivity index (χ2v) is 7.61. The Hall–Kier alpha value is -1.36. The number of nitriles is 1. The lowest BCUT2D eigenvalue weighted by Crippen LogP contribution is -2.39. The van der Waals surface area contributed by atoms with Gasteiger partial charge in [0.1, 0.15) is 11.9 Å². The highest BCUT2D eigenvalue weighted by Gasteiger charge is 2.50. The van der Waals surface area contributed by atoms with Gasteiger partial charge in [0, 0.05) is 0 Å². The van der Waals surface area contributed by atoms with Crippen LogP contribution in [-0.2, 0) is 6.42 Å². The lowest BCUT2D eigenvalue weighted by atomic mass is 9.56. The van der Waals surface area contributed by atoms with Crippen LogP contribution in [-0.4, -0.2) is 0 Å². The van der Waals surface area contributed by atoms with E-state index in [9.17, 15) is 4.39 Å². The van der Waals surface area contributed by atoms with Gasteiger partial charge in [-0.25, -0.2) is 4.39 Å². The smallest absolute Gasteiger partial charge is 0.144 e. The topological polar surface area (TPSA) is 23.8 Å². The Morgan fingerprint density at radius 1 is 1.24 bits per heavy atom. The Balaban J connectivity index is 1.75. The SMILES string of the molecule is C[C@@]12CCCC1C1CCc3c(ccc(C#N)c3F)C1CC2. The highest BCUT2D eigenvalue weighted by Crippen LogP contribution is 2.60. The van der Waals surface area contributed by atoms with E-state index in [4.69, 9.17) is 5.26 Å². The summed E-state index contributed by atoms with van der Waals surface area (Å²) in [6, 6.07) is 5.73. The van der Waals surface area contributed by atoms with Crippen molar-refractivity contribution < 1.29 is 4.39 Å². The molecule has 21 heavy (non-hydrogen) atoms. The number of fused-ring (bicyclic) bond motifs is 5. The average molecular weight is 283 g/mol. The van der Waals surface area contributed by atoms with Crippen molar-refractivity contribution in [2.45, 2.75) is 57.8 Å². The Bertz CT molecular complexity index is 629. The zero-order chi connectivity index (χ0) is 14.6. The molecular formula is C19H22FN. The second kappa shape index (κ2) is 4.57. The summed E-state index contributed by atoms with van der Waals surface area (Å²) in [6.45, 7) is 2.48. The molecule has 2 saturated carbocycles. The average Bonchev–Trinajstić information content (AvgIpc) is 2.89. The molecule has 1 nitrogen and oxygen atoms in total. The van der Waals surface area contributed by atoms with E-state index in [0.29, 0.717) is 11.3 Å². The van der Waals surface area contributed by atoms with E-state index in [2.05, 4.69) is 6.92 Å². The molecule has 3 aliphatic carbocycles. The van der Waals surface area contributed by atoms with Crippen LogP contribution in [0.3, 0.4) is 0 Å². The minimum Gasteiger partial charge on any atom is -0.205 e. The Kier molecular flexibility index (Phi) is 2.89. The third-order valence-corrected chi connectivity index (χ3v) is 6.75. The molecule has 3 aliphatic rings. The number of benzene rings is 1. The Morgan fingerprint density at radius 2 is 2.10 bits per heavy atom. The summed E-state index contributed by atoms with van der Waals surface area (Å²) < 4.78 is 14.4. The van der Waals surface area contributed by atoms with E-state index >= 15 is 0 Å². The fourth-order valence-corrected chi connectivity index (χ4v) is 5.70. The molecule has 3 unspecified atom stereocenters. The van der Waals surface area contributed by atoms with Crippen molar-refractivity contribution in [1.82, 2.24) is 0 Å². The van der Waals surface area contributed by atoms with Gasteiger partial charge in [0.25, 0.3) is 0 Å². The normalized spacial score (nSPS) is 37.3. The van der Waals surface area contributed by atoms with Crippen LogP contribution in [0.1, 0.15) is 68.1 Å². The monoisotopic (exact) mass is 283 g/mol. The van der Waals surface area contributed by atoms with Gasteiger partial charge in [0.15, 0.2) is 0 Å². The summed E-state index contributed by atoms with van der Waals surface area (Å²) in [5.74, 6) is 1.87. The van der Waals surface area contributed by atoms with Gasteiger partial charge in [0.2, 0.25) is 0 Å². The highest BCUT2D eigenvalue weighted by atomic mass is 19.1. The molecule has 0 spiro atoms. The van der Waals surface area contributed by atoms with Crippen LogP contribution in [0.2, 0.25) is 0 Å². The maximum absolute atomic E-state index is 14.4. The molecular weight excluding hydrogens is 261 g/mol. The second-order valence-electron chi connectivity index (χ2n) is 7.61. The van der Waals surface area contributed by atoms with Crippen LogP contribution in [0.4, 0.5) is 4.39 Å². The summed E-state index contributed by atoms with van der Waals surface area (Å²) in [6.07, 6.45) is 8.56. The Labute approximate surface area is 126 Å². The third kappa shape index (κ3) is 1.79. The van der Waals surface area contributed by atoms with Gasteiger partial charge < -0.3 is 0 Å². The summed E-state index contributed by atoms with van der Waals surface area (Å²) in [7, 11) is 0. The number of rotatable bonds is 0. The van der Waals surface area contributed by atoms with Crippen LogP contribution >= 0.6 is 0 Å². The summed E-state index contributed by atoms with van der Waals surface area (Å²) in [4.78, 5) is 0. The largest absolute Gasteiger partial charge is 0.205 e. The van der Waals surface area contributed by atoms with Gasteiger partial charge in [-0.2, -0.15) is 5.26 Å². The van der Waals surface area contributed by atoms with Gasteiger partial charge in [0.05, 0.1) is 5.56 Å². The van der Waals surface area contributed by atoms with Crippen LogP contribution in [0, 0.1) is 34.4 Å². The molecule has 0 N–H and O–H groups in total. The molecule has 1 aromatic rings. The first-order valence-electron chi connectivity index (χ1n) is 8.35. The van der Waals surface area contributed by atoms with Crippen molar-refractivity contribution in [3.05, 3.63) is 34.6 Å². The first-order chi connectivity index (χ1) is 10.1. The van der Waals surface area contributed by atoms with E-state index in [1.165, 1.54) is 37.7 Å². The van der Waals surface area contributed by atoms with Gasteiger partial charge in [-0.1, -0.05) is 19.4 Å². The molecule has 4 atom stereocenters. The van der Waals surface area contributed by atoms with Crippen molar-refractivity contribution in [1.29, 1.82) is 5.26 Å². The van der Waals surface area contributed by atoms with Crippen LogP contribution in [0.25, 0.3) is 0 Å². The Morgan fingerprint density at radius 3 is 2.90 bits per heavy atom. The maximum atomic E-state index is 14.4. The van der Waals surface area contributed by atoms with Gasteiger partial charge >= 0.3 is 0 Å². The lowest BCUT2D eigenvalue weighted by Gasteiger charge is -2.49. The van der Waals surface area contributed by atoms with Crippen molar-refractivity contribution in [2.75, 3.05) is 0 Å². The highest BCUT2D eigenvalue weighted by molar-refractivity contribution is 5.43. The lowest BCUT2D eigenvalue weighted by molar-refractivity contribution is 0.0594. The predicted molar refractivity (Wildman–Crippen MR) is 80.3 cm³/mol. The van der Waals surface area contributed by atoms with E-state index in [1.54, 1.807) is 6.07 Å². The quantitative estimate of drug-likeness (QED) is 0.661. The van der Waals surface area contributed by atoms with Crippen molar-refractivity contribution in [3.63, 3.8) is 0 Å². The number of nitrogens with zero attached hydrogens (tertiary/aromatic N) is 1. The zero-order valence-electron chi connectivity index (χ0n) is 12.7. The van der Waals surface area contributed by atoms with Crippen LogP contribution in [0.5, 0.6) is 0 Å². The van der Waals surface area contributed by atoms with Crippen LogP contribution < -0.4 is 0 Å². The molecule has 0 aromatic heterocycles. The van der Waals surface area contributed by atoms with Gasteiger partial charge in [-0.15, -0.1) is 0 Å². The van der Waals surface area contributed by atoms with Gasteiger partial charge in [-0.05, 0) is 78.9 Å². The number of halogens is 1. The molecule has 0 radical (unpaired) electrons. The molecule has 4 rings (SSSR count). The first-order valence-corrected chi connectivity index (χ1v) is 8.35. The van der Waals surface area contributed by atoms with Crippen molar-refractivity contribution in [2.24, 2.45) is 17.3 Å². The fraction of sp³-hybridized carbons (Fsp3) is 0.632. The van der Waals surface area contributed by atoms with Gasteiger partial charge in [-0.3, -0.25) is 0 Å². The molecule has 1 aromatic carbocycles. The fourth-order valence-electron chi connectivity index (χ4n) is 5.70. The molecule has 0 heterocycles. The van der Waals surface area contributed by atoms with Crippen LogP contribution in [0.15, 0.2) is 12.1 Å². The third-order valence-electron chi connectivity index (χ3n) is 6.75. The number of hydrogen-bond acceptors (Lipinski definition) is 1. The van der Waals surface area contributed by atoms with E-state index < -0.39 is 0 Å². The summed E-state index contributed by atoms with van der Waals surface area (Å²) >= 11 is 0. The van der Waals surface area contributed by atoms with E-state index in [-0.39, 0.29) is 11.4 Å². The molecule has 110 valence electrons. The molecule has 0 bridgehead atoms. The molecule has 0 aliphatic heterocycles. The molecule has 0 amide bonds. The molecule has 0 saturated heterocycles. The minimum atomic E-state index is -0.242. The summed E-state index contributed by atoms with van der Waals surface area (Å²) in [5.41, 5.74) is 2.83. The van der Waals surface area contributed by atoms with E-state index in [0.717, 1.165) is 30.2 Å². The number of hydrogen-bond donors (Lipinski definition) is 0. The zero-order valence-corrected chi connectivity index (χ0v) is 12.7. The predicted octanol–water partition coefficient (Wildman–Crippen LogP) is 4.94.